The Labute approximate surface area is 128 Å². The van der Waals surface area contributed by atoms with E-state index in [0.29, 0.717) is 19.6 Å². The van der Waals surface area contributed by atoms with Crippen LogP contribution < -0.4 is 10.2 Å². The maximum atomic E-state index is 13.5. The monoisotopic (exact) mass is 300 g/mol. The summed E-state index contributed by atoms with van der Waals surface area (Å²) in [4.78, 5) is 13.3. The number of amides is 1. The maximum absolute atomic E-state index is 13.5. The van der Waals surface area contributed by atoms with Crippen molar-refractivity contribution < 1.29 is 9.18 Å². The van der Waals surface area contributed by atoms with Gasteiger partial charge >= 0.3 is 0 Å². The number of anilines is 2. The second kappa shape index (κ2) is 6.01. The van der Waals surface area contributed by atoms with E-state index in [2.05, 4.69) is 17.0 Å². The van der Waals surface area contributed by atoms with Crippen LogP contribution in [-0.2, 0) is 11.3 Å². The molecule has 0 spiro atoms. The molecule has 0 aliphatic carbocycles. The highest BCUT2D eigenvalue weighted by molar-refractivity contribution is 5.86. The molecule has 1 aromatic carbocycles. The molecular formula is C16H17FN4O. The lowest BCUT2D eigenvalue weighted by Gasteiger charge is -2.34. The highest BCUT2D eigenvalue weighted by Crippen LogP contribution is 2.30. The fraction of sp³-hybridized carbons (Fsp3) is 0.250. The Morgan fingerprint density at radius 1 is 1.45 bits per heavy atom. The first-order valence-corrected chi connectivity index (χ1v) is 7.12. The topological polar surface area (TPSA) is 50.2 Å². The zero-order chi connectivity index (χ0) is 15.5. The predicted molar refractivity (Wildman–Crippen MR) is 82.3 cm³/mol. The van der Waals surface area contributed by atoms with Crippen LogP contribution in [0.2, 0.25) is 0 Å². The van der Waals surface area contributed by atoms with Crippen molar-refractivity contribution in [2.75, 3.05) is 18.0 Å². The van der Waals surface area contributed by atoms with Crippen LogP contribution in [0, 0.1) is 11.7 Å². The molecule has 2 aromatic rings. The molecule has 1 aliphatic rings. The lowest BCUT2D eigenvalue weighted by Crippen LogP contribution is -2.41. The van der Waals surface area contributed by atoms with E-state index in [0.717, 1.165) is 11.5 Å². The summed E-state index contributed by atoms with van der Waals surface area (Å²) in [5.41, 5.74) is 0.779. The summed E-state index contributed by atoms with van der Waals surface area (Å²) in [5.74, 6) is 0.644. The summed E-state index contributed by atoms with van der Waals surface area (Å²) in [6.07, 6.45) is 2.98. The zero-order valence-corrected chi connectivity index (χ0v) is 12.1. The number of nitrogens with zero attached hydrogens (tertiary/aromatic N) is 3. The molecular weight excluding hydrogens is 283 g/mol. The highest BCUT2D eigenvalue weighted by atomic mass is 19.1. The van der Waals surface area contributed by atoms with Gasteiger partial charge in [-0.15, -0.1) is 0 Å². The summed E-state index contributed by atoms with van der Waals surface area (Å²) in [5, 5.41) is 7.11. The third-order valence-corrected chi connectivity index (χ3v) is 3.71. The first-order valence-electron chi connectivity index (χ1n) is 7.12. The van der Waals surface area contributed by atoms with Gasteiger partial charge in [-0.3, -0.25) is 4.79 Å². The lowest BCUT2D eigenvalue weighted by molar-refractivity contribution is -0.116. The van der Waals surface area contributed by atoms with Gasteiger partial charge < -0.3 is 10.2 Å². The van der Waals surface area contributed by atoms with E-state index in [9.17, 15) is 9.18 Å². The molecule has 114 valence electrons. The van der Waals surface area contributed by atoms with Crippen molar-refractivity contribution >= 4 is 17.4 Å². The molecule has 1 atom stereocenters. The van der Waals surface area contributed by atoms with E-state index in [1.165, 1.54) is 18.2 Å². The van der Waals surface area contributed by atoms with Gasteiger partial charge in [0.25, 0.3) is 0 Å². The van der Waals surface area contributed by atoms with Crippen molar-refractivity contribution in [1.29, 1.82) is 0 Å². The largest absolute Gasteiger partial charge is 0.352 e. The lowest BCUT2D eigenvalue weighted by atomic mass is 10.1. The summed E-state index contributed by atoms with van der Waals surface area (Å²) in [6.45, 7) is 5.37. The Morgan fingerprint density at radius 3 is 3.09 bits per heavy atom. The summed E-state index contributed by atoms with van der Waals surface area (Å²) >= 11 is 0. The Balaban J connectivity index is 1.83. The molecule has 0 unspecified atom stereocenters. The van der Waals surface area contributed by atoms with Crippen molar-refractivity contribution in [3.63, 3.8) is 0 Å². The predicted octanol–water partition coefficient (Wildman–Crippen LogP) is 2.09. The molecule has 0 radical (unpaired) electrons. The van der Waals surface area contributed by atoms with E-state index < -0.39 is 0 Å². The van der Waals surface area contributed by atoms with Crippen LogP contribution in [-0.4, -0.2) is 28.8 Å². The average molecular weight is 300 g/mol. The van der Waals surface area contributed by atoms with E-state index in [1.807, 2.05) is 21.7 Å². The van der Waals surface area contributed by atoms with Crippen LogP contribution in [0.25, 0.3) is 0 Å². The molecule has 6 heteroatoms. The normalized spacial score (nSPS) is 17.0. The van der Waals surface area contributed by atoms with Gasteiger partial charge in [0, 0.05) is 37.3 Å². The third kappa shape index (κ3) is 2.86. The Morgan fingerprint density at radius 2 is 2.32 bits per heavy atom. The average Bonchev–Trinajstić information content (AvgIpc) is 3.00. The number of hydrogen-bond acceptors (Lipinski definition) is 3. The van der Waals surface area contributed by atoms with Gasteiger partial charge in [0.1, 0.15) is 11.6 Å². The number of hydrogen-bond donors (Lipinski definition) is 1. The fourth-order valence-electron chi connectivity index (χ4n) is 2.68. The number of carbonyl (C=O) groups excluding carboxylic acids is 1. The zero-order valence-electron chi connectivity index (χ0n) is 12.1. The number of halogens is 1. The molecule has 2 heterocycles. The van der Waals surface area contributed by atoms with Crippen molar-refractivity contribution in [3.05, 3.63) is 55.0 Å². The first-order chi connectivity index (χ1) is 10.7. The molecule has 0 bridgehead atoms. The summed E-state index contributed by atoms with van der Waals surface area (Å²) < 4.78 is 15.4. The van der Waals surface area contributed by atoms with Crippen molar-refractivity contribution in [2.24, 2.45) is 5.92 Å². The summed E-state index contributed by atoms with van der Waals surface area (Å²) in [7, 11) is 0. The van der Waals surface area contributed by atoms with Crippen molar-refractivity contribution in [2.45, 2.75) is 6.54 Å². The quantitative estimate of drug-likeness (QED) is 0.880. The smallest absolute Gasteiger partial charge is 0.243 e. The molecule has 1 amide bonds. The van der Waals surface area contributed by atoms with Gasteiger partial charge in [0.15, 0.2) is 0 Å². The molecule has 0 saturated carbocycles. The number of aromatic nitrogens is 2. The molecule has 1 aromatic heterocycles. The third-order valence-electron chi connectivity index (χ3n) is 3.71. The Kier molecular flexibility index (Phi) is 3.91. The van der Waals surface area contributed by atoms with E-state index in [1.54, 1.807) is 12.3 Å². The molecule has 22 heavy (non-hydrogen) atoms. The van der Waals surface area contributed by atoms with Crippen LogP contribution in [0.3, 0.4) is 0 Å². The Hall–Kier alpha value is -2.63. The van der Waals surface area contributed by atoms with E-state index in [-0.39, 0.29) is 17.6 Å². The molecule has 1 aliphatic heterocycles. The van der Waals surface area contributed by atoms with Crippen LogP contribution in [0.1, 0.15) is 0 Å². The molecule has 1 N–H and O–H groups in total. The van der Waals surface area contributed by atoms with Crippen LogP contribution in [0.4, 0.5) is 15.9 Å². The van der Waals surface area contributed by atoms with Crippen molar-refractivity contribution in [3.8, 4) is 0 Å². The van der Waals surface area contributed by atoms with Gasteiger partial charge in [0.05, 0.1) is 6.20 Å². The minimum atomic E-state index is -0.273. The Bertz CT molecular complexity index is 697. The van der Waals surface area contributed by atoms with Crippen LogP contribution in [0.5, 0.6) is 0 Å². The first kappa shape index (κ1) is 14.3. The number of nitrogens with one attached hydrogen (secondary N) is 1. The van der Waals surface area contributed by atoms with E-state index >= 15 is 0 Å². The van der Waals surface area contributed by atoms with Crippen LogP contribution >= 0.6 is 0 Å². The molecule has 5 nitrogen and oxygen atoms in total. The second-order valence-corrected chi connectivity index (χ2v) is 5.28. The van der Waals surface area contributed by atoms with Gasteiger partial charge in [-0.05, 0) is 24.3 Å². The number of benzene rings is 1. The minimum Gasteiger partial charge on any atom is -0.352 e. The SMILES string of the molecule is C=CC(=O)NC[C@@H]1CN(c2cccc(F)c2)c2ccnn2C1. The van der Waals surface area contributed by atoms with Crippen LogP contribution in [0.15, 0.2) is 49.2 Å². The molecule has 0 fully saturated rings. The number of rotatable bonds is 4. The molecule has 3 rings (SSSR count). The number of carbonyl (C=O) groups is 1. The maximum Gasteiger partial charge on any atom is 0.243 e. The van der Waals surface area contributed by atoms with Crippen molar-refractivity contribution in [1.82, 2.24) is 15.1 Å². The second-order valence-electron chi connectivity index (χ2n) is 5.28. The standard InChI is InChI=1S/C16H17FN4O/c1-2-15(22)18-9-12-10-20(14-5-3-4-13(17)8-14)16-6-7-19-21(16)11-12/h2-8,12H,1,9-11H2,(H,18,22)/t12-/m1/s1. The van der Waals surface area contributed by atoms with Gasteiger partial charge in [-0.25, -0.2) is 9.07 Å². The van der Waals surface area contributed by atoms with Gasteiger partial charge in [-0.2, -0.15) is 5.10 Å². The van der Waals surface area contributed by atoms with Gasteiger partial charge in [0.2, 0.25) is 5.91 Å². The van der Waals surface area contributed by atoms with Gasteiger partial charge in [-0.1, -0.05) is 12.6 Å². The fourth-order valence-corrected chi connectivity index (χ4v) is 2.68. The highest BCUT2D eigenvalue weighted by Gasteiger charge is 2.26. The summed E-state index contributed by atoms with van der Waals surface area (Å²) in [6, 6.07) is 8.39. The number of fused-ring (bicyclic) bond motifs is 1. The molecule has 0 saturated heterocycles. The minimum absolute atomic E-state index is 0.180. The van der Waals surface area contributed by atoms with E-state index in [4.69, 9.17) is 0 Å².